The third-order valence-corrected chi connectivity index (χ3v) is 5.39. The van der Waals surface area contributed by atoms with E-state index >= 15 is 0 Å². The number of aromatic amines is 1. The van der Waals surface area contributed by atoms with Crippen LogP contribution in [0.3, 0.4) is 0 Å². The summed E-state index contributed by atoms with van der Waals surface area (Å²) in [4.78, 5) is 24.6. The van der Waals surface area contributed by atoms with E-state index in [1.165, 1.54) is 11.1 Å². The van der Waals surface area contributed by atoms with Gasteiger partial charge in [-0.15, -0.1) is 0 Å². The van der Waals surface area contributed by atoms with Crippen LogP contribution in [0.15, 0.2) is 59.5 Å². The second kappa shape index (κ2) is 6.25. The number of fused-ring (bicyclic) bond motifs is 2. The van der Waals surface area contributed by atoms with Gasteiger partial charge < -0.3 is 14.8 Å². The molecule has 0 saturated carbocycles. The largest absolute Gasteiger partial charge is 0.368 e. The summed E-state index contributed by atoms with van der Waals surface area (Å²) in [6.07, 6.45) is 1.71. The predicted octanol–water partition coefficient (Wildman–Crippen LogP) is 2.62. The van der Waals surface area contributed by atoms with Gasteiger partial charge in [0.15, 0.2) is 5.65 Å². The van der Waals surface area contributed by atoms with Crippen LogP contribution in [-0.2, 0) is 0 Å². The van der Waals surface area contributed by atoms with Crippen molar-refractivity contribution < 1.29 is 0 Å². The topological polar surface area (TPSA) is 57.2 Å². The van der Waals surface area contributed by atoms with Gasteiger partial charge >= 0.3 is 5.69 Å². The molecule has 0 atom stereocenters. The molecule has 0 amide bonds. The number of nitrogens with zero attached hydrogens (tertiary/aromatic N) is 4. The number of pyridine rings is 1. The quantitative estimate of drug-likeness (QED) is 0.598. The van der Waals surface area contributed by atoms with Crippen LogP contribution in [0.2, 0.25) is 0 Å². The molecule has 0 bridgehead atoms. The first-order valence-electron chi connectivity index (χ1n) is 9.23. The lowest BCUT2D eigenvalue weighted by molar-refractivity contribution is 0.313. The van der Waals surface area contributed by atoms with Crippen LogP contribution in [0.25, 0.3) is 27.6 Å². The summed E-state index contributed by atoms with van der Waals surface area (Å²) in [5.41, 5.74) is 3.29. The predicted molar refractivity (Wildman–Crippen MR) is 109 cm³/mol. The van der Waals surface area contributed by atoms with Crippen molar-refractivity contribution >= 4 is 27.6 Å². The number of anilines is 1. The number of H-pyrrole nitrogens is 1. The van der Waals surface area contributed by atoms with Crippen LogP contribution in [0.1, 0.15) is 0 Å². The highest BCUT2D eigenvalue weighted by atomic mass is 16.1. The Balaban J connectivity index is 1.68. The molecular weight excluding hydrogens is 338 g/mol. The molecule has 0 aliphatic carbocycles. The Hall–Kier alpha value is -3.12. The summed E-state index contributed by atoms with van der Waals surface area (Å²) in [7, 11) is 2.16. The second-order valence-electron chi connectivity index (χ2n) is 7.11. The van der Waals surface area contributed by atoms with Crippen molar-refractivity contribution in [1.82, 2.24) is 19.4 Å². The molecule has 5 rings (SSSR count). The van der Waals surface area contributed by atoms with Crippen LogP contribution in [0, 0.1) is 0 Å². The molecule has 1 N–H and O–H groups in total. The van der Waals surface area contributed by atoms with Crippen LogP contribution in [0.4, 0.5) is 5.69 Å². The molecule has 136 valence electrons. The van der Waals surface area contributed by atoms with Crippen LogP contribution in [-0.4, -0.2) is 52.7 Å². The Morgan fingerprint density at radius 3 is 2.70 bits per heavy atom. The lowest BCUT2D eigenvalue weighted by Gasteiger charge is -2.34. The fourth-order valence-electron chi connectivity index (χ4n) is 3.89. The molecule has 1 aliphatic rings. The molecule has 1 fully saturated rings. The number of rotatable bonds is 2. The zero-order chi connectivity index (χ0) is 18.4. The van der Waals surface area contributed by atoms with Crippen molar-refractivity contribution in [3.63, 3.8) is 0 Å². The van der Waals surface area contributed by atoms with Gasteiger partial charge in [0, 0.05) is 43.4 Å². The summed E-state index contributed by atoms with van der Waals surface area (Å²) in [5.74, 6) is 0. The molecule has 2 aromatic heterocycles. The third-order valence-electron chi connectivity index (χ3n) is 5.39. The maximum Gasteiger partial charge on any atom is 0.332 e. The van der Waals surface area contributed by atoms with E-state index in [4.69, 9.17) is 0 Å². The molecule has 2 aromatic carbocycles. The zero-order valence-electron chi connectivity index (χ0n) is 15.2. The van der Waals surface area contributed by atoms with Gasteiger partial charge in [-0.2, -0.15) is 0 Å². The van der Waals surface area contributed by atoms with E-state index in [2.05, 4.69) is 57.1 Å². The lowest BCUT2D eigenvalue weighted by atomic mass is 10.1. The van der Waals surface area contributed by atoms with E-state index < -0.39 is 0 Å². The van der Waals surface area contributed by atoms with Crippen LogP contribution < -0.4 is 10.6 Å². The summed E-state index contributed by atoms with van der Waals surface area (Å²) in [6, 6.07) is 16.3. The number of likely N-dealkylation sites (N-methyl/N-ethyl adjacent to an activating group) is 1. The number of imidazole rings is 1. The Morgan fingerprint density at radius 2 is 1.85 bits per heavy atom. The highest BCUT2D eigenvalue weighted by Gasteiger charge is 2.17. The first-order valence-corrected chi connectivity index (χ1v) is 9.23. The molecule has 6 nitrogen and oxygen atoms in total. The van der Waals surface area contributed by atoms with Gasteiger partial charge in [-0.05, 0) is 42.8 Å². The van der Waals surface area contributed by atoms with E-state index in [1.807, 2.05) is 18.2 Å². The van der Waals surface area contributed by atoms with Crippen molar-refractivity contribution in [3.8, 4) is 5.69 Å². The first kappa shape index (κ1) is 16.1. The van der Waals surface area contributed by atoms with Crippen LogP contribution >= 0.6 is 0 Å². The Bertz CT molecular complexity index is 1180. The molecule has 1 saturated heterocycles. The van der Waals surface area contributed by atoms with Gasteiger partial charge in [0.1, 0.15) is 0 Å². The molecule has 4 aromatic rings. The summed E-state index contributed by atoms with van der Waals surface area (Å²) in [5, 5.41) is 2.34. The Labute approximate surface area is 156 Å². The minimum absolute atomic E-state index is 0.167. The second-order valence-corrected chi connectivity index (χ2v) is 7.11. The number of aromatic nitrogens is 3. The highest BCUT2D eigenvalue weighted by molar-refractivity contribution is 5.96. The number of hydrogen-bond donors (Lipinski definition) is 1. The smallest absolute Gasteiger partial charge is 0.332 e. The van der Waals surface area contributed by atoms with E-state index in [1.54, 1.807) is 10.8 Å². The van der Waals surface area contributed by atoms with Gasteiger partial charge in [-0.25, -0.2) is 14.3 Å². The number of hydrogen-bond acceptors (Lipinski definition) is 4. The molecule has 0 unspecified atom stereocenters. The number of nitrogens with one attached hydrogen (secondary N) is 1. The Kier molecular flexibility index (Phi) is 3.72. The average Bonchev–Trinajstić information content (AvgIpc) is 3.03. The van der Waals surface area contributed by atoms with Gasteiger partial charge in [0.2, 0.25) is 0 Å². The molecule has 3 heterocycles. The molecule has 0 spiro atoms. The zero-order valence-corrected chi connectivity index (χ0v) is 15.2. The fourth-order valence-corrected chi connectivity index (χ4v) is 3.89. The first-order chi connectivity index (χ1) is 13.2. The van der Waals surface area contributed by atoms with Crippen molar-refractivity contribution in [2.24, 2.45) is 0 Å². The van der Waals surface area contributed by atoms with E-state index in [0.717, 1.165) is 42.8 Å². The van der Waals surface area contributed by atoms with Crippen LogP contribution in [0.5, 0.6) is 0 Å². The van der Waals surface area contributed by atoms with E-state index in [9.17, 15) is 4.79 Å². The molecule has 6 heteroatoms. The van der Waals surface area contributed by atoms with Gasteiger partial charge in [-0.3, -0.25) is 0 Å². The highest BCUT2D eigenvalue weighted by Crippen LogP contribution is 2.30. The standard InChI is InChI=1S/C21H21N5O/c1-24-10-12-25(13-11-24)19-6-2-4-15-7-8-16(14-17(15)19)26-20-18(23-21(26)27)5-3-9-22-20/h2-9,14H,10-13H2,1H3,(H,23,27). The minimum Gasteiger partial charge on any atom is -0.368 e. The summed E-state index contributed by atoms with van der Waals surface area (Å²) < 4.78 is 1.65. The molecule has 0 radical (unpaired) electrons. The van der Waals surface area contributed by atoms with Crippen molar-refractivity contribution in [2.45, 2.75) is 0 Å². The van der Waals surface area contributed by atoms with Crippen molar-refractivity contribution in [3.05, 3.63) is 65.2 Å². The summed E-state index contributed by atoms with van der Waals surface area (Å²) in [6.45, 7) is 4.13. The van der Waals surface area contributed by atoms with E-state index in [-0.39, 0.29) is 5.69 Å². The maximum atomic E-state index is 12.5. The molecular formula is C21H21N5O. The van der Waals surface area contributed by atoms with Crippen molar-refractivity contribution in [2.75, 3.05) is 38.1 Å². The van der Waals surface area contributed by atoms with Gasteiger partial charge in [-0.1, -0.05) is 18.2 Å². The Morgan fingerprint density at radius 1 is 1.00 bits per heavy atom. The molecule has 1 aliphatic heterocycles. The monoisotopic (exact) mass is 359 g/mol. The SMILES string of the molecule is CN1CCN(c2cccc3ccc(-n4c(=O)[nH]c5cccnc54)cc23)CC1. The molecule has 27 heavy (non-hydrogen) atoms. The third kappa shape index (κ3) is 2.69. The average molecular weight is 359 g/mol. The summed E-state index contributed by atoms with van der Waals surface area (Å²) >= 11 is 0. The lowest BCUT2D eigenvalue weighted by Crippen LogP contribution is -2.44. The fraction of sp³-hybridized carbons (Fsp3) is 0.238. The van der Waals surface area contributed by atoms with Crippen molar-refractivity contribution in [1.29, 1.82) is 0 Å². The van der Waals surface area contributed by atoms with E-state index in [0.29, 0.717) is 5.65 Å². The number of piperazine rings is 1. The minimum atomic E-state index is -0.167. The maximum absolute atomic E-state index is 12.5. The van der Waals surface area contributed by atoms with Gasteiger partial charge in [0.25, 0.3) is 0 Å². The number of benzene rings is 2. The normalized spacial score (nSPS) is 15.7. The van der Waals surface area contributed by atoms with Gasteiger partial charge in [0.05, 0.1) is 11.2 Å².